The van der Waals surface area contributed by atoms with Crippen LogP contribution in [0.2, 0.25) is 0 Å². The Balaban J connectivity index is 2.65. The van der Waals surface area contributed by atoms with Crippen LogP contribution < -0.4 is 4.18 Å². The van der Waals surface area contributed by atoms with Gasteiger partial charge in [-0.05, 0) is 24.3 Å². The number of hydrogen-bond donors (Lipinski definition) is 0. The average Bonchev–Trinajstić information content (AvgIpc) is 2.39. The van der Waals surface area contributed by atoms with E-state index in [9.17, 15) is 8.42 Å². The molecule has 0 aliphatic rings. The fraction of sp³-hybridized carbons (Fsp3) is 0.286. The van der Waals surface area contributed by atoms with E-state index in [4.69, 9.17) is 4.18 Å². The Morgan fingerprint density at radius 1 is 1.06 bits per heavy atom. The molecule has 0 atom stereocenters. The molecule has 3 nitrogen and oxygen atoms in total. The third-order valence-electron chi connectivity index (χ3n) is 2.91. The highest BCUT2D eigenvalue weighted by atomic mass is 32.2. The fourth-order valence-corrected chi connectivity index (χ4v) is 2.42. The van der Waals surface area contributed by atoms with E-state index < -0.39 is 10.1 Å². The maximum atomic E-state index is 11.7. The van der Waals surface area contributed by atoms with Crippen molar-refractivity contribution in [2.45, 2.75) is 20.3 Å². The van der Waals surface area contributed by atoms with Crippen LogP contribution in [0, 0.1) is 0 Å². The molecule has 4 heteroatoms. The van der Waals surface area contributed by atoms with Crippen molar-refractivity contribution in [3.63, 3.8) is 0 Å². The third-order valence-corrected chi connectivity index (χ3v) is 4.03. The first-order valence-electron chi connectivity index (χ1n) is 6.00. The maximum Gasteiger partial charge on any atom is 0.308 e. The first-order valence-corrected chi connectivity index (χ1v) is 7.58. The molecule has 2 aromatic rings. The summed E-state index contributed by atoms with van der Waals surface area (Å²) >= 11 is 0. The van der Waals surface area contributed by atoms with Gasteiger partial charge in [0.15, 0.2) is 5.75 Å². The first kappa shape index (κ1) is 12.9. The second kappa shape index (κ2) is 4.98. The van der Waals surface area contributed by atoms with Crippen molar-refractivity contribution in [3.05, 3.63) is 42.0 Å². The highest BCUT2D eigenvalue weighted by molar-refractivity contribution is 7.87. The zero-order valence-corrected chi connectivity index (χ0v) is 11.3. The second-order valence-corrected chi connectivity index (χ2v) is 5.92. The van der Waals surface area contributed by atoms with Gasteiger partial charge in [-0.3, -0.25) is 0 Å². The summed E-state index contributed by atoms with van der Waals surface area (Å²) in [5.41, 5.74) is 0.908. The van der Waals surface area contributed by atoms with Crippen LogP contribution in [0.3, 0.4) is 0 Å². The van der Waals surface area contributed by atoms with E-state index in [2.05, 4.69) is 0 Å². The summed E-state index contributed by atoms with van der Waals surface area (Å²) in [7, 11) is -3.50. The summed E-state index contributed by atoms with van der Waals surface area (Å²) in [4.78, 5) is 0. The van der Waals surface area contributed by atoms with E-state index in [1.54, 1.807) is 6.92 Å². The van der Waals surface area contributed by atoms with E-state index in [1.165, 1.54) is 0 Å². The lowest BCUT2D eigenvalue weighted by molar-refractivity contribution is 0.487. The van der Waals surface area contributed by atoms with Gasteiger partial charge in [-0.1, -0.05) is 43.3 Å². The summed E-state index contributed by atoms with van der Waals surface area (Å²) in [6, 6.07) is 11.5. The molecule has 0 radical (unpaired) electrons. The summed E-state index contributed by atoms with van der Waals surface area (Å²) in [6.45, 7) is 3.56. The molecular weight excluding hydrogens is 248 g/mol. The van der Waals surface area contributed by atoms with Gasteiger partial charge in [0.05, 0.1) is 5.75 Å². The van der Waals surface area contributed by atoms with Crippen molar-refractivity contribution in [2.75, 3.05) is 5.75 Å². The predicted molar refractivity (Wildman–Crippen MR) is 73.4 cm³/mol. The topological polar surface area (TPSA) is 43.4 Å². The van der Waals surface area contributed by atoms with E-state index in [1.807, 2.05) is 43.3 Å². The zero-order chi connectivity index (χ0) is 13.2. The predicted octanol–water partition coefficient (Wildman–Crippen LogP) is 3.13. The smallest absolute Gasteiger partial charge is 0.308 e. The normalized spacial score (nSPS) is 11.7. The number of aryl methyl sites for hydroxylation is 1. The molecule has 0 bridgehead atoms. The Morgan fingerprint density at radius 3 is 2.44 bits per heavy atom. The van der Waals surface area contributed by atoms with Crippen LogP contribution in [0.1, 0.15) is 19.4 Å². The lowest BCUT2D eigenvalue weighted by Crippen LogP contribution is -2.12. The van der Waals surface area contributed by atoms with Crippen LogP contribution >= 0.6 is 0 Å². The Bertz CT molecular complexity index is 660. The van der Waals surface area contributed by atoms with Crippen molar-refractivity contribution in [3.8, 4) is 5.75 Å². The summed E-state index contributed by atoms with van der Waals surface area (Å²) < 4.78 is 28.6. The number of fused-ring (bicyclic) bond motifs is 1. The van der Waals surface area contributed by atoms with Crippen molar-refractivity contribution in [1.82, 2.24) is 0 Å². The maximum absolute atomic E-state index is 11.7. The monoisotopic (exact) mass is 264 g/mol. The van der Waals surface area contributed by atoms with Gasteiger partial charge < -0.3 is 4.18 Å². The number of hydrogen-bond acceptors (Lipinski definition) is 3. The molecule has 0 spiro atoms. The van der Waals surface area contributed by atoms with Crippen molar-refractivity contribution < 1.29 is 12.6 Å². The van der Waals surface area contributed by atoms with E-state index in [0.717, 1.165) is 22.8 Å². The largest absolute Gasteiger partial charge is 0.381 e. The molecule has 0 heterocycles. The summed E-state index contributed by atoms with van der Waals surface area (Å²) in [5, 5.41) is 1.82. The van der Waals surface area contributed by atoms with Gasteiger partial charge in [0, 0.05) is 5.39 Å². The fourth-order valence-electron chi connectivity index (χ4n) is 1.85. The molecule has 0 saturated heterocycles. The zero-order valence-electron chi connectivity index (χ0n) is 10.5. The van der Waals surface area contributed by atoms with Crippen LogP contribution in [-0.2, 0) is 16.5 Å². The van der Waals surface area contributed by atoms with Crippen LogP contribution in [0.15, 0.2) is 36.4 Å². The molecule has 18 heavy (non-hydrogen) atoms. The second-order valence-electron chi connectivity index (χ2n) is 4.06. The molecule has 0 aromatic heterocycles. The molecule has 0 saturated carbocycles. The Kier molecular flexibility index (Phi) is 3.57. The van der Waals surface area contributed by atoms with Crippen molar-refractivity contribution in [1.29, 1.82) is 0 Å². The molecule has 0 fully saturated rings. The van der Waals surface area contributed by atoms with E-state index >= 15 is 0 Å². The summed E-state index contributed by atoms with van der Waals surface area (Å²) in [6.07, 6.45) is 0.736. The Hall–Kier alpha value is -1.55. The quantitative estimate of drug-likeness (QED) is 0.797. The average molecular weight is 264 g/mol. The molecule has 0 aliphatic carbocycles. The molecule has 2 aromatic carbocycles. The van der Waals surface area contributed by atoms with Gasteiger partial charge in [0.1, 0.15) is 0 Å². The first-order chi connectivity index (χ1) is 8.57. The van der Waals surface area contributed by atoms with Crippen molar-refractivity contribution >= 4 is 20.9 Å². The van der Waals surface area contributed by atoms with E-state index in [0.29, 0.717) is 5.75 Å². The minimum atomic E-state index is -3.50. The van der Waals surface area contributed by atoms with Gasteiger partial charge in [0.2, 0.25) is 0 Å². The molecular formula is C14H16O3S. The van der Waals surface area contributed by atoms with Crippen LogP contribution in [0.4, 0.5) is 0 Å². The number of benzene rings is 2. The minimum absolute atomic E-state index is 0.0284. The molecule has 96 valence electrons. The minimum Gasteiger partial charge on any atom is -0.381 e. The highest BCUT2D eigenvalue weighted by Crippen LogP contribution is 2.31. The van der Waals surface area contributed by atoms with Crippen LogP contribution in [0.5, 0.6) is 5.75 Å². The number of rotatable bonds is 4. The Labute approximate surface area is 108 Å². The summed E-state index contributed by atoms with van der Waals surface area (Å²) in [5.74, 6) is 0.441. The molecule has 2 rings (SSSR count). The molecule has 0 unspecified atom stereocenters. The van der Waals surface area contributed by atoms with Crippen LogP contribution in [0.25, 0.3) is 10.8 Å². The van der Waals surface area contributed by atoms with Crippen LogP contribution in [-0.4, -0.2) is 14.2 Å². The third kappa shape index (κ3) is 2.48. The highest BCUT2D eigenvalue weighted by Gasteiger charge is 2.15. The standard InChI is InChI=1S/C14H16O3S/c1-3-11-9-10-12-7-5-6-8-13(12)14(11)17-18(15,16)4-2/h5-10H,3-4H2,1-2H3. The SMILES string of the molecule is CCc1ccc2ccccc2c1OS(=O)(=O)CC. The van der Waals surface area contributed by atoms with Gasteiger partial charge in [-0.25, -0.2) is 0 Å². The lowest BCUT2D eigenvalue weighted by atomic mass is 10.0. The van der Waals surface area contributed by atoms with Gasteiger partial charge >= 0.3 is 10.1 Å². The van der Waals surface area contributed by atoms with Gasteiger partial charge in [0.25, 0.3) is 0 Å². The lowest BCUT2D eigenvalue weighted by Gasteiger charge is -2.12. The van der Waals surface area contributed by atoms with Gasteiger partial charge in [-0.2, -0.15) is 8.42 Å². The molecule has 0 N–H and O–H groups in total. The Morgan fingerprint density at radius 2 is 1.78 bits per heavy atom. The van der Waals surface area contributed by atoms with E-state index in [-0.39, 0.29) is 5.75 Å². The molecule has 0 amide bonds. The van der Waals surface area contributed by atoms with Crippen molar-refractivity contribution in [2.24, 2.45) is 0 Å². The molecule has 0 aliphatic heterocycles. The van der Waals surface area contributed by atoms with Gasteiger partial charge in [-0.15, -0.1) is 0 Å².